The van der Waals surface area contributed by atoms with E-state index in [2.05, 4.69) is 27.8 Å². The van der Waals surface area contributed by atoms with Gasteiger partial charge >= 0.3 is 12.1 Å². The fourth-order valence-corrected chi connectivity index (χ4v) is 4.97. The van der Waals surface area contributed by atoms with E-state index < -0.39 is 18.1 Å². The lowest BCUT2D eigenvalue weighted by Gasteiger charge is -2.22. The number of carboxylic acids is 1. The van der Waals surface area contributed by atoms with Gasteiger partial charge in [0.1, 0.15) is 17.7 Å². The summed E-state index contributed by atoms with van der Waals surface area (Å²) in [6.45, 7) is 3.99. The van der Waals surface area contributed by atoms with E-state index in [-0.39, 0.29) is 37.3 Å². The van der Waals surface area contributed by atoms with Crippen LogP contribution in [0.15, 0.2) is 53.9 Å². The van der Waals surface area contributed by atoms with Crippen molar-refractivity contribution in [2.24, 2.45) is 5.92 Å². The van der Waals surface area contributed by atoms with Crippen molar-refractivity contribution >= 4 is 29.3 Å². The highest BCUT2D eigenvalue weighted by Gasteiger charge is 2.30. The smallest absolute Gasteiger partial charge is 0.407 e. The number of hydrogen-bond acceptors (Lipinski definition) is 6. The number of thiazole rings is 1. The number of fused-ring (bicyclic) bond motifs is 3. The molecular formula is C26H27N3O5S. The Morgan fingerprint density at radius 3 is 2.29 bits per heavy atom. The molecule has 2 amide bonds. The maximum absolute atomic E-state index is 12.8. The van der Waals surface area contributed by atoms with Crippen LogP contribution in [0.25, 0.3) is 11.1 Å². The van der Waals surface area contributed by atoms with E-state index in [0.717, 1.165) is 22.3 Å². The zero-order valence-electron chi connectivity index (χ0n) is 19.5. The molecule has 0 radical (unpaired) electrons. The van der Waals surface area contributed by atoms with Crippen LogP contribution in [0.4, 0.5) is 4.79 Å². The number of aliphatic carboxylic acids is 1. The molecule has 1 aliphatic rings. The number of nitrogens with one attached hydrogen (secondary N) is 2. The summed E-state index contributed by atoms with van der Waals surface area (Å²) in [4.78, 5) is 40.4. The summed E-state index contributed by atoms with van der Waals surface area (Å²) in [7, 11) is 0. The predicted molar refractivity (Wildman–Crippen MR) is 132 cm³/mol. The van der Waals surface area contributed by atoms with Gasteiger partial charge < -0.3 is 20.5 Å². The fraction of sp³-hybridized carbons (Fsp3) is 0.308. The molecular weight excluding hydrogens is 466 g/mol. The summed E-state index contributed by atoms with van der Waals surface area (Å²) in [6.07, 6.45) is -0.818. The largest absolute Gasteiger partial charge is 0.481 e. The number of aromatic nitrogens is 1. The van der Waals surface area contributed by atoms with Crippen molar-refractivity contribution in [3.8, 4) is 11.1 Å². The number of benzene rings is 2. The van der Waals surface area contributed by atoms with Gasteiger partial charge in [0.05, 0.1) is 18.7 Å². The van der Waals surface area contributed by atoms with Gasteiger partial charge in [0, 0.05) is 11.3 Å². The second-order valence-electron chi connectivity index (χ2n) is 8.71. The van der Waals surface area contributed by atoms with E-state index in [1.807, 2.05) is 50.2 Å². The van der Waals surface area contributed by atoms with Gasteiger partial charge in [0.2, 0.25) is 5.91 Å². The van der Waals surface area contributed by atoms with Gasteiger partial charge in [-0.25, -0.2) is 9.78 Å². The Kier molecular flexibility index (Phi) is 7.45. The van der Waals surface area contributed by atoms with Crippen LogP contribution in [0.1, 0.15) is 41.6 Å². The molecule has 0 bridgehead atoms. The highest BCUT2D eigenvalue weighted by Crippen LogP contribution is 2.44. The molecule has 8 nitrogen and oxygen atoms in total. The van der Waals surface area contributed by atoms with Crippen LogP contribution in [0, 0.1) is 5.92 Å². The first-order valence-corrected chi connectivity index (χ1v) is 12.3. The van der Waals surface area contributed by atoms with Crippen molar-refractivity contribution in [1.82, 2.24) is 15.6 Å². The highest BCUT2D eigenvalue weighted by atomic mass is 32.1. The van der Waals surface area contributed by atoms with Crippen LogP contribution >= 0.6 is 11.3 Å². The normalized spacial score (nSPS) is 13.1. The van der Waals surface area contributed by atoms with Crippen molar-refractivity contribution < 1.29 is 24.2 Å². The molecule has 3 N–H and O–H groups in total. The number of carbonyl (C=O) groups excluding carboxylic acids is 2. The number of alkyl carbamates (subject to hydrolysis) is 1. The number of nitrogens with zero attached hydrogens (tertiary/aromatic N) is 1. The van der Waals surface area contributed by atoms with Crippen LogP contribution < -0.4 is 10.6 Å². The van der Waals surface area contributed by atoms with Crippen LogP contribution in [0.2, 0.25) is 0 Å². The minimum absolute atomic E-state index is 0.0654. The molecule has 1 atom stereocenters. The van der Waals surface area contributed by atoms with E-state index in [1.54, 1.807) is 5.38 Å². The molecule has 4 rings (SSSR count). The van der Waals surface area contributed by atoms with E-state index in [4.69, 9.17) is 9.84 Å². The van der Waals surface area contributed by atoms with Crippen molar-refractivity contribution in [3.05, 3.63) is 75.7 Å². The lowest BCUT2D eigenvalue weighted by atomic mass is 9.98. The summed E-state index contributed by atoms with van der Waals surface area (Å²) >= 11 is 1.28. The SMILES string of the molecule is CC(C)[C@@H](NC(=O)OCC1c2ccccc2-c2ccccc21)C(=O)NCc1nc(CC(=O)O)cs1. The van der Waals surface area contributed by atoms with Gasteiger partial charge in [-0.15, -0.1) is 11.3 Å². The van der Waals surface area contributed by atoms with E-state index in [9.17, 15) is 14.4 Å². The van der Waals surface area contributed by atoms with E-state index in [0.29, 0.717) is 10.7 Å². The van der Waals surface area contributed by atoms with Gasteiger partial charge in [-0.2, -0.15) is 0 Å². The summed E-state index contributed by atoms with van der Waals surface area (Å²) in [5, 5.41) is 16.6. The van der Waals surface area contributed by atoms with E-state index in [1.165, 1.54) is 11.3 Å². The Balaban J connectivity index is 1.34. The number of carbonyl (C=O) groups is 3. The molecule has 1 aromatic heterocycles. The van der Waals surface area contributed by atoms with Crippen LogP contribution in [0.3, 0.4) is 0 Å². The zero-order chi connectivity index (χ0) is 24.9. The maximum Gasteiger partial charge on any atom is 0.407 e. The summed E-state index contributed by atoms with van der Waals surface area (Å²) in [6, 6.07) is 15.4. The summed E-state index contributed by atoms with van der Waals surface area (Å²) in [5.74, 6) is -1.56. The Bertz CT molecular complexity index is 1190. The Labute approximate surface area is 207 Å². The molecule has 0 unspecified atom stereocenters. The second kappa shape index (κ2) is 10.7. The molecule has 3 aromatic rings. The third-order valence-corrected chi connectivity index (χ3v) is 6.81. The first-order chi connectivity index (χ1) is 16.8. The highest BCUT2D eigenvalue weighted by molar-refractivity contribution is 7.09. The zero-order valence-corrected chi connectivity index (χ0v) is 20.3. The molecule has 0 saturated carbocycles. The summed E-state index contributed by atoms with van der Waals surface area (Å²) in [5.41, 5.74) is 4.97. The third kappa shape index (κ3) is 5.68. The summed E-state index contributed by atoms with van der Waals surface area (Å²) < 4.78 is 5.58. The monoisotopic (exact) mass is 493 g/mol. The van der Waals surface area contributed by atoms with Crippen LogP contribution in [-0.2, 0) is 27.3 Å². The third-order valence-electron chi connectivity index (χ3n) is 5.91. The predicted octanol–water partition coefficient (Wildman–Crippen LogP) is 3.95. The molecule has 0 spiro atoms. The molecule has 0 saturated heterocycles. The average molecular weight is 494 g/mol. The van der Waals surface area contributed by atoms with Gasteiger partial charge in [0.15, 0.2) is 0 Å². The Morgan fingerprint density at radius 2 is 1.69 bits per heavy atom. The molecule has 1 aliphatic carbocycles. The Hall–Kier alpha value is -3.72. The first kappa shape index (κ1) is 24.4. The molecule has 9 heteroatoms. The van der Waals surface area contributed by atoms with Gasteiger partial charge in [-0.05, 0) is 28.2 Å². The van der Waals surface area contributed by atoms with Crippen LogP contribution in [-0.4, -0.2) is 40.7 Å². The van der Waals surface area contributed by atoms with Crippen LogP contribution in [0.5, 0.6) is 0 Å². The lowest BCUT2D eigenvalue weighted by molar-refractivity contribution is -0.136. The maximum atomic E-state index is 12.8. The standard InChI is InChI=1S/C26H27N3O5S/c1-15(2)24(25(32)27-12-22-28-16(14-35-22)11-23(30)31)29-26(33)34-13-21-19-9-5-3-7-17(19)18-8-4-6-10-20(18)21/h3-10,14-15,21,24H,11-13H2,1-2H3,(H,27,32)(H,29,33)(H,30,31)/t24-/m1/s1. The Morgan fingerprint density at radius 1 is 1.06 bits per heavy atom. The number of amides is 2. The second-order valence-corrected chi connectivity index (χ2v) is 9.66. The molecule has 0 fully saturated rings. The van der Waals surface area contributed by atoms with Crippen molar-refractivity contribution in [3.63, 3.8) is 0 Å². The number of ether oxygens (including phenoxy) is 1. The minimum atomic E-state index is -0.960. The topological polar surface area (TPSA) is 118 Å². The molecule has 182 valence electrons. The lowest BCUT2D eigenvalue weighted by Crippen LogP contribution is -2.49. The number of carboxylic acid groups (broad SMARTS) is 1. The number of rotatable bonds is 9. The first-order valence-electron chi connectivity index (χ1n) is 11.4. The fourth-order valence-electron chi connectivity index (χ4n) is 4.24. The number of hydrogen-bond donors (Lipinski definition) is 3. The van der Waals surface area contributed by atoms with Crippen molar-refractivity contribution in [1.29, 1.82) is 0 Å². The van der Waals surface area contributed by atoms with E-state index >= 15 is 0 Å². The molecule has 1 heterocycles. The van der Waals surface area contributed by atoms with Crippen molar-refractivity contribution in [2.75, 3.05) is 6.61 Å². The molecule has 2 aromatic carbocycles. The minimum Gasteiger partial charge on any atom is -0.481 e. The van der Waals surface area contributed by atoms with Gasteiger partial charge in [-0.1, -0.05) is 62.4 Å². The average Bonchev–Trinajstić information content (AvgIpc) is 3.41. The molecule has 35 heavy (non-hydrogen) atoms. The quantitative estimate of drug-likeness (QED) is 0.416. The van der Waals surface area contributed by atoms with Crippen molar-refractivity contribution in [2.45, 2.75) is 38.8 Å². The van der Waals surface area contributed by atoms with Gasteiger partial charge in [0.25, 0.3) is 0 Å². The molecule has 0 aliphatic heterocycles. The van der Waals surface area contributed by atoms with Gasteiger partial charge in [-0.3, -0.25) is 9.59 Å².